The third-order valence-corrected chi connectivity index (χ3v) is 4.10. The zero-order chi connectivity index (χ0) is 15.2. The van der Waals surface area contributed by atoms with Crippen molar-refractivity contribution in [1.82, 2.24) is 10.2 Å². The van der Waals surface area contributed by atoms with Gasteiger partial charge in [0.1, 0.15) is 0 Å². The van der Waals surface area contributed by atoms with E-state index in [0.29, 0.717) is 18.0 Å². The molecule has 1 aromatic rings. The summed E-state index contributed by atoms with van der Waals surface area (Å²) in [5.74, 6) is 0.672. The summed E-state index contributed by atoms with van der Waals surface area (Å²) < 4.78 is 0. The van der Waals surface area contributed by atoms with Gasteiger partial charge in [0.05, 0.1) is 11.0 Å². The third-order valence-electron chi connectivity index (χ3n) is 4.10. The Labute approximate surface area is 124 Å². The molecule has 2 rings (SSSR count). The molecule has 21 heavy (non-hydrogen) atoms. The molecule has 6 nitrogen and oxygen atoms in total. The van der Waals surface area contributed by atoms with Gasteiger partial charge in [-0.25, -0.2) is 0 Å². The smallest absolute Gasteiger partial charge is 0.269 e. The number of piperidine rings is 1. The van der Waals surface area contributed by atoms with Crippen LogP contribution in [0.2, 0.25) is 0 Å². The lowest BCUT2D eigenvalue weighted by Gasteiger charge is -2.29. The maximum absolute atomic E-state index is 10.6. The highest BCUT2D eigenvalue weighted by atomic mass is 16.6. The number of hydrogen-bond acceptors (Lipinski definition) is 5. The molecule has 0 bridgehead atoms. The molecule has 1 aliphatic heterocycles. The molecule has 1 aromatic carbocycles. The lowest BCUT2D eigenvalue weighted by Crippen LogP contribution is -2.36. The third kappa shape index (κ3) is 4.77. The maximum atomic E-state index is 10.6. The van der Waals surface area contributed by atoms with E-state index in [1.54, 1.807) is 12.1 Å². The average molecular weight is 293 g/mol. The standard InChI is InChI=1S/C15H23N3O3/c1-17-8-6-12(7-9-17)10-16-11-15(19)13-2-4-14(5-3-13)18(20)21/h2-5,12,15-16,19H,6-11H2,1H3. The summed E-state index contributed by atoms with van der Waals surface area (Å²) in [6.45, 7) is 3.66. The minimum Gasteiger partial charge on any atom is -0.387 e. The van der Waals surface area contributed by atoms with Gasteiger partial charge in [-0.05, 0) is 63.1 Å². The quantitative estimate of drug-likeness (QED) is 0.615. The molecule has 116 valence electrons. The van der Waals surface area contributed by atoms with Crippen LogP contribution in [0.1, 0.15) is 24.5 Å². The fourth-order valence-electron chi connectivity index (χ4n) is 2.63. The molecule has 0 radical (unpaired) electrons. The molecular formula is C15H23N3O3. The van der Waals surface area contributed by atoms with Gasteiger partial charge in [-0.2, -0.15) is 0 Å². The van der Waals surface area contributed by atoms with Crippen molar-refractivity contribution in [3.05, 3.63) is 39.9 Å². The topological polar surface area (TPSA) is 78.6 Å². The number of rotatable bonds is 6. The van der Waals surface area contributed by atoms with E-state index in [0.717, 1.165) is 19.6 Å². The van der Waals surface area contributed by atoms with Crippen LogP contribution >= 0.6 is 0 Å². The monoisotopic (exact) mass is 293 g/mol. The van der Waals surface area contributed by atoms with Crippen LogP contribution in [0.25, 0.3) is 0 Å². The number of nitro groups is 1. The van der Waals surface area contributed by atoms with Crippen LogP contribution in [0.5, 0.6) is 0 Å². The first-order valence-electron chi connectivity index (χ1n) is 7.38. The van der Waals surface area contributed by atoms with Crippen molar-refractivity contribution in [2.75, 3.05) is 33.2 Å². The van der Waals surface area contributed by atoms with Gasteiger partial charge in [-0.3, -0.25) is 10.1 Å². The average Bonchev–Trinajstić information content (AvgIpc) is 2.49. The highest BCUT2D eigenvalue weighted by Gasteiger charge is 2.17. The fourth-order valence-corrected chi connectivity index (χ4v) is 2.63. The van der Waals surface area contributed by atoms with Crippen molar-refractivity contribution < 1.29 is 10.0 Å². The van der Waals surface area contributed by atoms with Crippen LogP contribution in [0, 0.1) is 16.0 Å². The Balaban J connectivity index is 1.74. The molecule has 0 saturated carbocycles. The second-order valence-electron chi connectivity index (χ2n) is 5.77. The molecular weight excluding hydrogens is 270 g/mol. The van der Waals surface area contributed by atoms with Gasteiger partial charge in [0.15, 0.2) is 0 Å². The van der Waals surface area contributed by atoms with Crippen LogP contribution in [0.15, 0.2) is 24.3 Å². The van der Waals surface area contributed by atoms with Crippen molar-refractivity contribution in [1.29, 1.82) is 0 Å². The van der Waals surface area contributed by atoms with E-state index in [-0.39, 0.29) is 5.69 Å². The van der Waals surface area contributed by atoms with E-state index in [1.165, 1.54) is 25.0 Å². The molecule has 0 aromatic heterocycles. The molecule has 0 aliphatic carbocycles. The number of nitrogens with zero attached hydrogens (tertiary/aromatic N) is 2. The summed E-state index contributed by atoms with van der Waals surface area (Å²) in [5, 5.41) is 24.0. The first-order chi connectivity index (χ1) is 10.1. The molecule has 0 amide bonds. The van der Waals surface area contributed by atoms with Crippen molar-refractivity contribution in [3.8, 4) is 0 Å². The number of nitrogens with one attached hydrogen (secondary N) is 1. The van der Waals surface area contributed by atoms with Crippen LogP contribution < -0.4 is 5.32 Å². The summed E-state index contributed by atoms with van der Waals surface area (Å²) in [5.41, 5.74) is 0.752. The number of benzene rings is 1. The number of aliphatic hydroxyl groups is 1. The Morgan fingerprint density at radius 3 is 2.57 bits per heavy atom. The van der Waals surface area contributed by atoms with E-state index >= 15 is 0 Å². The van der Waals surface area contributed by atoms with E-state index in [4.69, 9.17) is 0 Å². The molecule has 1 atom stereocenters. The SMILES string of the molecule is CN1CCC(CNCC(O)c2ccc([N+](=O)[O-])cc2)CC1. The molecule has 6 heteroatoms. The molecule has 1 fully saturated rings. The normalized spacial score (nSPS) is 18.6. The summed E-state index contributed by atoms with van der Waals surface area (Å²) in [7, 11) is 2.14. The Hall–Kier alpha value is -1.50. The van der Waals surface area contributed by atoms with E-state index in [1.807, 2.05) is 0 Å². The van der Waals surface area contributed by atoms with E-state index in [2.05, 4.69) is 17.3 Å². The Morgan fingerprint density at radius 2 is 2.00 bits per heavy atom. The van der Waals surface area contributed by atoms with Crippen molar-refractivity contribution in [2.24, 2.45) is 5.92 Å². The van der Waals surface area contributed by atoms with E-state index < -0.39 is 11.0 Å². The summed E-state index contributed by atoms with van der Waals surface area (Å²) in [4.78, 5) is 12.5. The van der Waals surface area contributed by atoms with Crippen molar-refractivity contribution in [2.45, 2.75) is 18.9 Å². The van der Waals surface area contributed by atoms with Crippen molar-refractivity contribution in [3.63, 3.8) is 0 Å². The fraction of sp³-hybridized carbons (Fsp3) is 0.600. The minimum absolute atomic E-state index is 0.0465. The zero-order valence-electron chi connectivity index (χ0n) is 12.4. The second kappa shape index (κ2) is 7.49. The van der Waals surface area contributed by atoms with Gasteiger partial charge in [0.25, 0.3) is 5.69 Å². The maximum Gasteiger partial charge on any atom is 0.269 e. The number of non-ortho nitro benzene ring substituents is 1. The number of nitro benzene ring substituents is 1. The number of aliphatic hydroxyl groups excluding tert-OH is 1. The Bertz CT molecular complexity index is 456. The first kappa shape index (κ1) is 15.9. The van der Waals surface area contributed by atoms with Crippen LogP contribution in [-0.4, -0.2) is 48.2 Å². The number of likely N-dealkylation sites (tertiary alicyclic amines) is 1. The van der Waals surface area contributed by atoms with Crippen LogP contribution in [-0.2, 0) is 0 Å². The molecule has 1 saturated heterocycles. The Morgan fingerprint density at radius 1 is 1.38 bits per heavy atom. The summed E-state index contributed by atoms with van der Waals surface area (Å²) in [6, 6.07) is 6.07. The van der Waals surface area contributed by atoms with Crippen molar-refractivity contribution >= 4 is 5.69 Å². The zero-order valence-corrected chi connectivity index (χ0v) is 12.4. The van der Waals surface area contributed by atoms with Gasteiger partial charge in [0.2, 0.25) is 0 Å². The molecule has 1 heterocycles. The first-order valence-corrected chi connectivity index (χ1v) is 7.38. The second-order valence-corrected chi connectivity index (χ2v) is 5.77. The van der Waals surface area contributed by atoms with Gasteiger partial charge in [-0.1, -0.05) is 0 Å². The molecule has 1 aliphatic rings. The lowest BCUT2D eigenvalue weighted by molar-refractivity contribution is -0.384. The van der Waals surface area contributed by atoms with Gasteiger partial charge >= 0.3 is 0 Å². The molecule has 0 spiro atoms. The molecule has 2 N–H and O–H groups in total. The van der Waals surface area contributed by atoms with Gasteiger partial charge in [0, 0.05) is 18.7 Å². The van der Waals surface area contributed by atoms with Crippen LogP contribution in [0.4, 0.5) is 5.69 Å². The summed E-state index contributed by atoms with van der Waals surface area (Å²) in [6.07, 6.45) is 1.76. The van der Waals surface area contributed by atoms with Gasteiger partial charge in [-0.15, -0.1) is 0 Å². The highest BCUT2D eigenvalue weighted by Crippen LogP contribution is 2.18. The van der Waals surface area contributed by atoms with Crippen LogP contribution in [0.3, 0.4) is 0 Å². The molecule has 1 unspecified atom stereocenters. The predicted octanol–water partition coefficient (Wildman–Crippen LogP) is 1.56. The largest absolute Gasteiger partial charge is 0.387 e. The Kier molecular flexibility index (Phi) is 5.67. The van der Waals surface area contributed by atoms with E-state index in [9.17, 15) is 15.2 Å². The predicted molar refractivity (Wildman–Crippen MR) is 81.1 cm³/mol. The van der Waals surface area contributed by atoms with Gasteiger partial charge < -0.3 is 15.3 Å². The number of hydrogen-bond donors (Lipinski definition) is 2. The summed E-state index contributed by atoms with van der Waals surface area (Å²) >= 11 is 0. The highest BCUT2D eigenvalue weighted by molar-refractivity contribution is 5.33. The lowest BCUT2D eigenvalue weighted by atomic mass is 9.97. The minimum atomic E-state index is -0.628.